The molecule has 1 fully saturated rings. The molecule has 0 aliphatic carbocycles. The highest BCUT2D eigenvalue weighted by Crippen LogP contribution is 2.34. The largest absolute Gasteiger partial charge is 0.383 e. The zero-order valence-electron chi connectivity index (χ0n) is 18.2. The zero-order chi connectivity index (χ0) is 23.5. The molecule has 6 nitrogen and oxygen atoms in total. The first-order valence-electron chi connectivity index (χ1n) is 10.9. The predicted molar refractivity (Wildman–Crippen MR) is 148 cm³/mol. The van der Waals surface area contributed by atoms with Gasteiger partial charge in [-0.2, -0.15) is 0 Å². The SMILES string of the molecule is Nc1nc(-c2cn(SI)c3ncc(F)cc23)nc2sccc12.c1ccc(CN2CCCC2)cc1. The topological polar surface area (TPSA) is 72.9 Å². The van der Waals surface area contributed by atoms with Gasteiger partial charge in [-0.25, -0.2) is 19.3 Å². The highest BCUT2D eigenvalue weighted by Gasteiger charge is 2.17. The van der Waals surface area contributed by atoms with Gasteiger partial charge in [0, 0.05) is 54.0 Å². The van der Waals surface area contributed by atoms with Crippen molar-refractivity contribution >= 4 is 68.7 Å². The van der Waals surface area contributed by atoms with Gasteiger partial charge in [-0.1, -0.05) is 30.3 Å². The number of rotatable bonds is 4. The van der Waals surface area contributed by atoms with E-state index in [-0.39, 0.29) is 0 Å². The van der Waals surface area contributed by atoms with Crippen molar-refractivity contribution in [2.75, 3.05) is 18.8 Å². The van der Waals surface area contributed by atoms with Gasteiger partial charge >= 0.3 is 0 Å². The van der Waals surface area contributed by atoms with Crippen LogP contribution in [0.1, 0.15) is 18.4 Å². The number of benzene rings is 1. The number of nitrogens with zero attached hydrogens (tertiary/aromatic N) is 5. The van der Waals surface area contributed by atoms with E-state index in [1.54, 1.807) is 0 Å². The van der Waals surface area contributed by atoms with E-state index in [1.807, 2.05) is 21.6 Å². The average Bonchev–Trinajstić information content (AvgIpc) is 3.60. The van der Waals surface area contributed by atoms with E-state index in [0.29, 0.717) is 28.2 Å². The number of likely N-dealkylation sites (tertiary alicyclic amines) is 1. The number of hydrogen-bond acceptors (Lipinski definition) is 7. The zero-order valence-corrected chi connectivity index (χ0v) is 22.0. The number of nitrogen functional groups attached to an aromatic ring is 1. The van der Waals surface area contributed by atoms with Gasteiger partial charge in [0.1, 0.15) is 16.5 Å². The molecular weight excluding hydrogens is 582 g/mol. The summed E-state index contributed by atoms with van der Waals surface area (Å²) in [7, 11) is 1.45. The van der Waals surface area contributed by atoms with Gasteiger partial charge in [-0.3, -0.25) is 8.87 Å². The molecule has 1 saturated heterocycles. The van der Waals surface area contributed by atoms with Crippen LogP contribution in [0.4, 0.5) is 10.2 Å². The van der Waals surface area contributed by atoms with E-state index < -0.39 is 5.82 Å². The fourth-order valence-electron chi connectivity index (χ4n) is 4.07. The molecule has 0 saturated carbocycles. The molecule has 0 spiro atoms. The average molecular weight is 605 g/mol. The van der Waals surface area contributed by atoms with Crippen molar-refractivity contribution in [3.8, 4) is 11.4 Å². The van der Waals surface area contributed by atoms with Crippen LogP contribution in [-0.4, -0.2) is 36.9 Å². The molecule has 10 heteroatoms. The summed E-state index contributed by atoms with van der Waals surface area (Å²) in [5.41, 5.74) is 8.83. The second kappa shape index (κ2) is 10.5. The minimum atomic E-state index is -0.393. The normalized spacial score (nSPS) is 13.9. The Morgan fingerprint density at radius 2 is 1.88 bits per heavy atom. The van der Waals surface area contributed by atoms with Gasteiger partial charge in [-0.15, -0.1) is 11.3 Å². The number of halogens is 2. The lowest BCUT2D eigenvalue weighted by Crippen LogP contribution is -2.18. The fraction of sp³-hybridized carbons (Fsp3) is 0.208. The Bertz CT molecular complexity index is 1420. The maximum absolute atomic E-state index is 13.6. The summed E-state index contributed by atoms with van der Waals surface area (Å²) in [5, 5.41) is 3.43. The molecule has 4 aromatic heterocycles. The Morgan fingerprint density at radius 1 is 1.09 bits per heavy atom. The second-order valence-electron chi connectivity index (χ2n) is 8.00. The Hall–Kier alpha value is -2.28. The van der Waals surface area contributed by atoms with Gasteiger partial charge in [-0.05, 0) is 49.0 Å². The Morgan fingerprint density at radius 3 is 2.65 bits per heavy atom. The first-order chi connectivity index (χ1) is 16.6. The summed E-state index contributed by atoms with van der Waals surface area (Å²) < 4.78 is 15.4. The number of pyridine rings is 1. The lowest BCUT2D eigenvalue weighted by Gasteiger charge is -2.13. The fourth-order valence-corrected chi connectivity index (χ4v) is 6.09. The summed E-state index contributed by atoms with van der Waals surface area (Å²) in [6, 6.07) is 14.1. The van der Waals surface area contributed by atoms with Crippen LogP contribution in [-0.2, 0) is 6.54 Å². The van der Waals surface area contributed by atoms with Crippen LogP contribution in [0.3, 0.4) is 0 Å². The molecule has 1 aliphatic heterocycles. The number of aromatic nitrogens is 4. The standard InChI is InChI=1S/C13H7FIN5S2.C11H15N/c14-6-3-8-9(5-20(22-15)12(8)17-4-6)11-18-10(16)7-1-2-21-13(7)19-11;1-2-6-11(7-3-1)10-12-8-4-5-9-12/h1-5H,(H2,16,18,19);1-3,6-7H,4-5,8-10H2. The van der Waals surface area contributed by atoms with Crippen molar-refractivity contribution in [3.05, 3.63) is 71.6 Å². The van der Waals surface area contributed by atoms with Gasteiger partial charge in [0.2, 0.25) is 0 Å². The van der Waals surface area contributed by atoms with Crippen molar-refractivity contribution in [2.45, 2.75) is 19.4 Å². The molecule has 6 rings (SSSR count). The molecule has 1 aliphatic rings. The molecule has 2 N–H and O–H groups in total. The van der Waals surface area contributed by atoms with Crippen LogP contribution in [0, 0.1) is 5.82 Å². The van der Waals surface area contributed by atoms with Crippen molar-refractivity contribution in [3.63, 3.8) is 0 Å². The van der Waals surface area contributed by atoms with E-state index in [1.165, 1.54) is 64.2 Å². The first-order valence-corrected chi connectivity index (χ1v) is 15.0. The smallest absolute Gasteiger partial charge is 0.165 e. The van der Waals surface area contributed by atoms with Crippen LogP contribution in [0.5, 0.6) is 0 Å². The monoisotopic (exact) mass is 604 g/mol. The van der Waals surface area contributed by atoms with Crippen LogP contribution in [0.2, 0.25) is 0 Å². The van der Waals surface area contributed by atoms with Crippen LogP contribution in [0.25, 0.3) is 32.6 Å². The summed E-state index contributed by atoms with van der Waals surface area (Å²) in [5.74, 6) is 0.512. The third kappa shape index (κ3) is 5.04. The Labute approximate surface area is 217 Å². The number of thiophene rings is 1. The molecule has 0 unspecified atom stereocenters. The number of anilines is 1. The minimum Gasteiger partial charge on any atom is -0.383 e. The van der Waals surface area contributed by atoms with Gasteiger partial charge in [0.15, 0.2) is 11.5 Å². The van der Waals surface area contributed by atoms with Crippen molar-refractivity contribution in [2.24, 2.45) is 0 Å². The summed E-state index contributed by atoms with van der Waals surface area (Å²) in [4.78, 5) is 16.4. The summed E-state index contributed by atoms with van der Waals surface area (Å²) in [6.07, 6.45) is 5.81. The molecular formula is C24H22FIN6S2. The molecule has 0 amide bonds. The van der Waals surface area contributed by atoms with E-state index in [0.717, 1.165) is 16.8 Å². The van der Waals surface area contributed by atoms with Crippen molar-refractivity contribution in [1.82, 2.24) is 23.8 Å². The van der Waals surface area contributed by atoms with Crippen LogP contribution >= 0.6 is 41.7 Å². The van der Waals surface area contributed by atoms with Crippen molar-refractivity contribution in [1.29, 1.82) is 0 Å². The minimum absolute atomic E-state index is 0.393. The van der Waals surface area contributed by atoms with Gasteiger partial charge < -0.3 is 5.73 Å². The number of hydrogen-bond donors (Lipinski definition) is 1. The lowest BCUT2D eigenvalue weighted by atomic mass is 10.2. The van der Waals surface area contributed by atoms with Gasteiger partial charge in [0.05, 0.1) is 11.6 Å². The van der Waals surface area contributed by atoms with E-state index in [4.69, 9.17) is 5.73 Å². The molecule has 174 valence electrons. The van der Waals surface area contributed by atoms with E-state index in [2.05, 4.69) is 71.4 Å². The third-order valence-electron chi connectivity index (χ3n) is 5.70. The number of nitrogens with two attached hydrogens (primary N) is 1. The lowest BCUT2D eigenvalue weighted by molar-refractivity contribution is 0.331. The van der Waals surface area contributed by atoms with Crippen LogP contribution < -0.4 is 5.73 Å². The highest BCUT2D eigenvalue weighted by atomic mass is 127. The quantitative estimate of drug-likeness (QED) is 0.235. The Balaban J connectivity index is 0.000000169. The van der Waals surface area contributed by atoms with Gasteiger partial charge in [0.25, 0.3) is 0 Å². The molecule has 34 heavy (non-hydrogen) atoms. The number of fused-ring (bicyclic) bond motifs is 2. The van der Waals surface area contributed by atoms with E-state index >= 15 is 0 Å². The molecule has 5 aromatic rings. The molecule has 1 aromatic carbocycles. The summed E-state index contributed by atoms with van der Waals surface area (Å²) in [6.45, 7) is 3.71. The predicted octanol–water partition coefficient (Wildman–Crippen LogP) is 6.56. The Kier molecular flexibility index (Phi) is 7.28. The molecule has 5 heterocycles. The van der Waals surface area contributed by atoms with Crippen LogP contribution in [0.15, 0.2) is 60.2 Å². The highest BCUT2D eigenvalue weighted by molar-refractivity contribution is 14.2. The molecule has 0 atom stereocenters. The second-order valence-corrected chi connectivity index (χ2v) is 10.6. The van der Waals surface area contributed by atoms with E-state index in [9.17, 15) is 4.39 Å². The summed E-state index contributed by atoms with van der Waals surface area (Å²) >= 11 is 3.64. The first kappa shape index (κ1) is 23.5. The maximum atomic E-state index is 13.6. The molecule has 0 radical (unpaired) electrons. The molecule has 0 bridgehead atoms. The third-order valence-corrected chi connectivity index (χ3v) is 8.20. The van der Waals surface area contributed by atoms with Crippen molar-refractivity contribution < 1.29 is 4.39 Å². The maximum Gasteiger partial charge on any atom is 0.165 e.